The molecule has 0 amide bonds. The third-order valence-electron chi connectivity index (χ3n) is 4.15. The summed E-state index contributed by atoms with van der Waals surface area (Å²) in [7, 11) is 1.96. The van der Waals surface area contributed by atoms with Crippen LogP contribution < -0.4 is 5.73 Å². The van der Waals surface area contributed by atoms with Gasteiger partial charge in [0.25, 0.3) is 0 Å². The van der Waals surface area contributed by atoms with Crippen LogP contribution in [0.15, 0.2) is 6.33 Å². The Bertz CT molecular complexity index is 347. The van der Waals surface area contributed by atoms with Gasteiger partial charge in [0.05, 0.1) is 0 Å². The van der Waals surface area contributed by atoms with E-state index in [1.165, 1.54) is 25.7 Å². The van der Waals surface area contributed by atoms with E-state index in [-0.39, 0.29) is 5.41 Å². The van der Waals surface area contributed by atoms with E-state index in [0.717, 1.165) is 24.7 Å². The van der Waals surface area contributed by atoms with Crippen LogP contribution in [0.25, 0.3) is 0 Å². The summed E-state index contributed by atoms with van der Waals surface area (Å²) in [5.41, 5.74) is 6.27. The van der Waals surface area contributed by atoms with Crippen molar-refractivity contribution in [3.05, 3.63) is 12.2 Å². The molecule has 16 heavy (non-hydrogen) atoms. The van der Waals surface area contributed by atoms with Crippen LogP contribution in [0.4, 0.5) is 0 Å². The summed E-state index contributed by atoms with van der Waals surface area (Å²) in [4.78, 5) is 4.32. The smallest absolute Gasteiger partial charge is 0.138 e. The van der Waals surface area contributed by atoms with E-state index in [1.807, 2.05) is 11.7 Å². The number of rotatable bonds is 4. The Morgan fingerprint density at radius 2 is 2.44 bits per heavy atom. The highest BCUT2D eigenvalue weighted by molar-refractivity contribution is 4.98. The SMILES string of the molecule is CCC1CCC(CN)(Cc2ncnn2C)C1. The number of hydrogen-bond donors (Lipinski definition) is 1. The van der Waals surface area contributed by atoms with Crippen molar-refractivity contribution >= 4 is 0 Å². The summed E-state index contributed by atoms with van der Waals surface area (Å²) in [6.45, 7) is 3.05. The number of nitrogens with zero attached hydrogens (tertiary/aromatic N) is 3. The van der Waals surface area contributed by atoms with Gasteiger partial charge >= 0.3 is 0 Å². The lowest BCUT2D eigenvalue weighted by Crippen LogP contribution is -2.31. The van der Waals surface area contributed by atoms with Gasteiger partial charge in [0, 0.05) is 13.5 Å². The van der Waals surface area contributed by atoms with E-state index in [1.54, 1.807) is 6.33 Å². The van der Waals surface area contributed by atoms with Crippen molar-refractivity contribution in [2.45, 2.75) is 39.0 Å². The number of nitrogens with two attached hydrogens (primary N) is 1. The van der Waals surface area contributed by atoms with Gasteiger partial charge in [-0.1, -0.05) is 13.3 Å². The lowest BCUT2D eigenvalue weighted by Gasteiger charge is -2.27. The molecular weight excluding hydrogens is 200 g/mol. The maximum absolute atomic E-state index is 5.99. The Balaban J connectivity index is 2.09. The number of hydrogen-bond acceptors (Lipinski definition) is 3. The fourth-order valence-corrected chi connectivity index (χ4v) is 2.91. The topological polar surface area (TPSA) is 56.7 Å². The van der Waals surface area contributed by atoms with Crippen LogP contribution in [-0.4, -0.2) is 21.3 Å². The molecule has 0 spiro atoms. The van der Waals surface area contributed by atoms with Crippen molar-refractivity contribution < 1.29 is 0 Å². The van der Waals surface area contributed by atoms with Crippen LogP contribution in [0.3, 0.4) is 0 Å². The molecular formula is C12H22N4. The van der Waals surface area contributed by atoms with Gasteiger partial charge in [-0.25, -0.2) is 4.98 Å². The van der Waals surface area contributed by atoms with Gasteiger partial charge in [-0.2, -0.15) is 5.10 Å². The zero-order valence-electron chi connectivity index (χ0n) is 10.3. The minimum absolute atomic E-state index is 0.279. The first-order chi connectivity index (χ1) is 7.69. The molecule has 1 saturated carbocycles. The Hall–Kier alpha value is -0.900. The highest BCUT2D eigenvalue weighted by atomic mass is 15.3. The van der Waals surface area contributed by atoms with Crippen molar-refractivity contribution in [3.63, 3.8) is 0 Å². The van der Waals surface area contributed by atoms with E-state index in [0.29, 0.717) is 0 Å². The van der Waals surface area contributed by atoms with Crippen molar-refractivity contribution in [3.8, 4) is 0 Å². The van der Waals surface area contributed by atoms with Gasteiger partial charge in [-0.15, -0.1) is 0 Å². The molecule has 0 aliphatic heterocycles. The van der Waals surface area contributed by atoms with Gasteiger partial charge in [0.15, 0.2) is 0 Å². The predicted octanol–water partition coefficient (Wildman–Crippen LogP) is 1.51. The van der Waals surface area contributed by atoms with Gasteiger partial charge in [0.1, 0.15) is 12.2 Å². The second kappa shape index (κ2) is 4.53. The Labute approximate surface area is 97.2 Å². The number of aryl methyl sites for hydroxylation is 1. The lowest BCUT2D eigenvalue weighted by molar-refractivity contribution is 0.281. The van der Waals surface area contributed by atoms with Gasteiger partial charge in [-0.05, 0) is 37.1 Å². The molecule has 2 unspecified atom stereocenters. The van der Waals surface area contributed by atoms with E-state index in [9.17, 15) is 0 Å². The molecule has 0 bridgehead atoms. The summed E-state index contributed by atoms with van der Waals surface area (Å²) in [6, 6.07) is 0. The van der Waals surface area contributed by atoms with E-state index >= 15 is 0 Å². The minimum Gasteiger partial charge on any atom is -0.330 e. The van der Waals surface area contributed by atoms with Crippen molar-refractivity contribution in [1.29, 1.82) is 0 Å². The molecule has 0 radical (unpaired) electrons. The van der Waals surface area contributed by atoms with Crippen LogP contribution in [0.5, 0.6) is 0 Å². The molecule has 1 aliphatic rings. The molecule has 0 aromatic carbocycles. The molecule has 1 heterocycles. The average molecular weight is 222 g/mol. The molecule has 1 aliphatic carbocycles. The monoisotopic (exact) mass is 222 g/mol. The highest BCUT2D eigenvalue weighted by Gasteiger charge is 2.38. The van der Waals surface area contributed by atoms with Crippen LogP contribution >= 0.6 is 0 Å². The van der Waals surface area contributed by atoms with Crippen LogP contribution in [0.1, 0.15) is 38.4 Å². The highest BCUT2D eigenvalue weighted by Crippen LogP contribution is 2.44. The zero-order valence-corrected chi connectivity index (χ0v) is 10.3. The van der Waals surface area contributed by atoms with Crippen molar-refractivity contribution in [2.75, 3.05) is 6.54 Å². The van der Waals surface area contributed by atoms with E-state index < -0.39 is 0 Å². The second-order valence-electron chi connectivity index (χ2n) is 5.20. The molecule has 2 N–H and O–H groups in total. The summed E-state index contributed by atoms with van der Waals surface area (Å²) >= 11 is 0. The van der Waals surface area contributed by atoms with Gasteiger partial charge < -0.3 is 5.73 Å². The quantitative estimate of drug-likeness (QED) is 0.840. The van der Waals surface area contributed by atoms with Crippen molar-refractivity contribution in [1.82, 2.24) is 14.8 Å². The van der Waals surface area contributed by atoms with E-state index in [2.05, 4.69) is 17.0 Å². The first kappa shape index (κ1) is 11.6. The summed E-state index contributed by atoms with van der Waals surface area (Å²) in [5, 5.41) is 4.13. The largest absolute Gasteiger partial charge is 0.330 e. The van der Waals surface area contributed by atoms with Gasteiger partial charge in [0.2, 0.25) is 0 Å². The Kier molecular flexibility index (Phi) is 3.28. The normalized spacial score (nSPS) is 29.8. The second-order valence-corrected chi connectivity index (χ2v) is 5.20. The molecule has 1 fully saturated rings. The fourth-order valence-electron chi connectivity index (χ4n) is 2.91. The molecule has 2 rings (SSSR count). The lowest BCUT2D eigenvalue weighted by atomic mass is 9.81. The predicted molar refractivity (Wildman–Crippen MR) is 63.8 cm³/mol. The third-order valence-corrected chi connectivity index (χ3v) is 4.15. The molecule has 90 valence electrons. The molecule has 4 nitrogen and oxygen atoms in total. The summed E-state index contributed by atoms with van der Waals surface area (Å²) in [6.07, 6.45) is 7.72. The maximum Gasteiger partial charge on any atom is 0.138 e. The summed E-state index contributed by atoms with van der Waals surface area (Å²) < 4.78 is 1.87. The first-order valence-corrected chi connectivity index (χ1v) is 6.22. The maximum atomic E-state index is 5.99. The fraction of sp³-hybridized carbons (Fsp3) is 0.833. The third kappa shape index (κ3) is 2.12. The Morgan fingerprint density at radius 1 is 1.62 bits per heavy atom. The standard InChI is InChI=1S/C12H22N4/c1-3-10-4-5-12(6-10,8-13)7-11-14-9-15-16(11)2/h9-10H,3-8,13H2,1-2H3. The molecule has 1 aromatic heterocycles. The first-order valence-electron chi connectivity index (χ1n) is 6.22. The zero-order chi connectivity index (χ0) is 11.6. The molecule has 1 aromatic rings. The molecule has 0 saturated heterocycles. The average Bonchev–Trinajstić information content (AvgIpc) is 2.88. The van der Waals surface area contributed by atoms with Crippen LogP contribution in [0, 0.1) is 11.3 Å². The van der Waals surface area contributed by atoms with Crippen LogP contribution in [0.2, 0.25) is 0 Å². The number of aromatic nitrogens is 3. The minimum atomic E-state index is 0.279. The summed E-state index contributed by atoms with van der Waals surface area (Å²) in [5.74, 6) is 1.93. The Morgan fingerprint density at radius 3 is 2.94 bits per heavy atom. The van der Waals surface area contributed by atoms with Crippen molar-refractivity contribution in [2.24, 2.45) is 24.1 Å². The van der Waals surface area contributed by atoms with Crippen LogP contribution in [-0.2, 0) is 13.5 Å². The molecule has 4 heteroatoms. The van der Waals surface area contributed by atoms with Gasteiger partial charge in [-0.3, -0.25) is 4.68 Å². The van der Waals surface area contributed by atoms with E-state index in [4.69, 9.17) is 5.73 Å². The molecule has 2 atom stereocenters.